The smallest absolute Gasteiger partial charge is 0.0484 e. The van der Waals surface area contributed by atoms with Crippen LogP contribution in [0.15, 0.2) is 54.6 Å². The second-order valence-electron chi connectivity index (χ2n) is 9.03. The van der Waals surface area contributed by atoms with Crippen LogP contribution in [0.1, 0.15) is 69.9 Å². The highest BCUT2D eigenvalue weighted by atomic mass is 35.5. The van der Waals surface area contributed by atoms with E-state index in [1.807, 2.05) is 12.1 Å². The van der Waals surface area contributed by atoms with Crippen LogP contribution in [0, 0.1) is 0 Å². The summed E-state index contributed by atoms with van der Waals surface area (Å²) in [6.07, 6.45) is 6.70. The molecule has 3 aromatic carbocycles. The molecule has 0 aliphatic heterocycles. The largest absolute Gasteiger partial charge is 0.0837 e. The lowest BCUT2D eigenvalue weighted by molar-refractivity contribution is 0.445. The molecule has 0 N–H and O–H groups in total. The molecule has 0 nitrogen and oxygen atoms in total. The highest BCUT2D eigenvalue weighted by Crippen LogP contribution is 2.43. The fourth-order valence-electron chi connectivity index (χ4n) is 4.54. The van der Waals surface area contributed by atoms with Gasteiger partial charge in [0.2, 0.25) is 0 Å². The Bertz CT molecular complexity index is 956. The summed E-state index contributed by atoms with van der Waals surface area (Å²) in [4.78, 5) is 0. The first-order valence-electron chi connectivity index (χ1n) is 10.3. The van der Waals surface area contributed by atoms with Crippen LogP contribution in [0.3, 0.4) is 0 Å². The molecule has 3 aromatic rings. The van der Waals surface area contributed by atoms with Crippen LogP contribution in [0.25, 0.3) is 21.9 Å². The number of fused-ring (bicyclic) bond motifs is 1. The highest BCUT2D eigenvalue weighted by Gasteiger charge is 2.22. The summed E-state index contributed by atoms with van der Waals surface area (Å²) < 4.78 is 0. The molecule has 140 valence electrons. The van der Waals surface area contributed by atoms with Crippen molar-refractivity contribution in [1.29, 1.82) is 0 Å². The van der Waals surface area contributed by atoms with Crippen LogP contribution in [0.5, 0.6) is 0 Å². The zero-order valence-electron chi connectivity index (χ0n) is 16.7. The number of hydrogen-bond donors (Lipinski definition) is 0. The van der Waals surface area contributed by atoms with Crippen molar-refractivity contribution >= 4 is 22.4 Å². The van der Waals surface area contributed by atoms with Crippen molar-refractivity contribution < 1.29 is 0 Å². The summed E-state index contributed by atoms with van der Waals surface area (Å²) in [5.74, 6) is 0.671. The molecule has 0 amide bonds. The number of benzene rings is 3. The van der Waals surface area contributed by atoms with E-state index in [2.05, 4.69) is 63.2 Å². The number of halogens is 1. The Balaban J connectivity index is 2.03. The van der Waals surface area contributed by atoms with Crippen LogP contribution in [0.2, 0.25) is 5.02 Å². The first-order valence-corrected chi connectivity index (χ1v) is 10.6. The molecule has 0 bridgehead atoms. The van der Waals surface area contributed by atoms with E-state index in [0.717, 1.165) is 10.6 Å². The Morgan fingerprint density at radius 2 is 1.56 bits per heavy atom. The second-order valence-corrected chi connectivity index (χ2v) is 9.44. The standard InChI is InChI=1S/C26H29Cl/c1-26(2,3)20-16-19-12-9-14-21(18-10-5-4-6-11-18)25(19)23(17-20)22-13-7-8-15-24(22)27/h7-9,12-18H,4-6,10-11H2,1-3H3. The molecule has 0 radical (unpaired) electrons. The van der Waals surface area contributed by atoms with Crippen LogP contribution in [-0.4, -0.2) is 0 Å². The molecule has 1 aliphatic carbocycles. The summed E-state index contributed by atoms with van der Waals surface area (Å²) in [6, 6.07) is 19.9. The Hall–Kier alpha value is -1.79. The van der Waals surface area contributed by atoms with Crippen molar-refractivity contribution in [3.63, 3.8) is 0 Å². The van der Waals surface area contributed by atoms with Gasteiger partial charge in [-0.2, -0.15) is 0 Å². The molecule has 0 spiro atoms. The van der Waals surface area contributed by atoms with E-state index in [9.17, 15) is 0 Å². The minimum atomic E-state index is 0.102. The molecule has 4 rings (SSSR count). The summed E-state index contributed by atoms with van der Waals surface area (Å²) in [5.41, 5.74) is 5.43. The minimum Gasteiger partial charge on any atom is -0.0837 e. The predicted octanol–water partition coefficient (Wildman–Crippen LogP) is 8.51. The Labute approximate surface area is 168 Å². The first-order chi connectivity index (χ1) is 12.9. The lowest BCUT2D eigenvalue weighted by Gasteiger charge is -2.27. The Morgan fingerprint density at radius 3 is 2.26 bits per heavy atom. The van der Waals surface area contributed by atoms with Gasteiger partial charge in [0.1, 0.15) is 0 Å². The van der Waals surface area contributed by atoms with Crippen molar-refractivity contribution in [3.05, 3.63) is 70.7 Å². The van der Waals surface area contributed by atoms with E-state index in [1.54, 1.807) is 0 Å². The van der Waals surface area contributed by atoms with Gasteiger partial charge in [-0.25, -0.2) is 0 Å². The molecule has 1 heteroatoms. The Kier molecular flexibility index (Phi) is 5.03. The topological polar surface area (TPSA) is 0 Å². The average molecular weight is 377 g/mol. The van der Waals surface area contributed by atoms with E-state index in [0.29, 0.717) is 5.92 Å². The van der Waals surface area contributed by atoms with Crippen LogP contribution >= 0.6 is 11.6 Å². The van der Waals surface area contributed by atoms with Gasteiger partial charge in [-0.1, -0.05) is 94.1 Å². The van der Waals surface area contributed by atoms with Gasteiger partial charge in [-0.05, 0) is 63.8 Å². The Morgan fingerprint density at radius 1 is 0.815 bits per heavy atom. The molecule has 0 atom stereocenters. The van der Waals surface area contributed by atoms with Gasteiger partial charge in [0.15, 0.2) is 0 Å². The third-order valence-corrected chi connectivity index (χ3v) is 6.41. The zero-order valence-corrected chi connectivity index (χ0v) is 17.4. The number of rotatable bonds is 2. The minimum absolute atomic E-state index is 0.102. The summed E-state index contributed by atoms with van der Waals surface area (Å²) in [5, 5.41) is 3.59. The monoisotopic (exact) mass is 376 g/mol. The summed E-state index contributed by atoms with van der Waals surface area (Å²) in [6.45, 7) is 6.86. The molecular weight excluding hydrogens is 348 g/mol. The van der Waals surface area contributed by atoms with E-state index < -0.39 is 0 Å². The molecule has 27 heavy (non-hydrogen) atoms. The second kappa shape index (κ2) is 7.32. The van der Waals surface area contributed by atoms with Gasteiger partial charge in [0.05, 0.1) is 0 Å². The average Bonchev–Trinajstić information content (AvgIpc) is 2.67. The van der Waals surface area contributed by atoms with E-state index in [1.165, 1.54) is 59.6 Å². The molecule has 0 heterocycles. The van der Waals surface area contributed by atoms with Gasteiger partial charge in [0, 0.05) is 10.6 Å². The zero-order chi connectivity index (χ0) is 19.0. The van der Waals surface area contributed by atoms with Crippen molar-refractivity contribution in [2.24, 2.45) is 0 Å². The van der Waals surface area contributed by atoms with Gasteiger partial charge in [-0.15, -0.1) is 0 Å². The quantitative estimate of drug-likeness (QED) is 0.420. The molecule has 1 aliphatic rings. The van der Waals surface area contributed by atoms with Crippen molar-refractivity contribution in [3.8, 4) is 11.1 Å². The molecule has 0 unspecified atom stereocenters. The van der Waals surface area contributed by atoms with Crippen molar-refractivity contribution in [2.75, 3.05) is 0 Å². The molecular formula is C26H29Cl. The van der Waals surface area contributed by atoms with Crippen molar-refractivity contribution in [2.45, 2.75) is 64.2 Å². The third kappa shape index (κ3) is 3.65. The maximum Gasteiger partial charge on any atom is 0.0484 e. The third-order valence-electron chi connectivity index (χ3n) is 6.08. The lowest BCUT2D eigenvalue weighted by Crippen LogP contribution is -2.12. The normalized spacial score (nSPS) is 16.0. The predicted molar refractivity (Wildman–Crippen MR) is 119 cm³/mol. The fraction of sp³-hybridized carbons (Fsp3) is 0.385. The molecule has 0 aromatic heterocycles. The van der Waals surface area contributed by atoms with Gasteiger partial charge in [0.25, 0.3) is 0 Å². The van der Waals surface area contributed by atoms with E-state index in [4.69, 9.17) is 11.6 Å². The highest BCUT2D eigenvalue weighted by molar-refractivity contribution is 6.33. The van der Waals surface area contributed by atoms with Gasteiger partial charge >= 0.3 is 0 Å². The van der Waals surface area contributed by atoms with Crippen LogP contribution in [0.4, 0.5) is 0 Å². The summed E-state index contributed by atoms with van der Waals surface area (Å²) >= 11 is 6.66. The first kappa shape index (κ1) is 18.6. The van der Waals surface area contributed by atoms with Crippen molar-refractivity contribution in [1.82, 2.24) is 0 Å². The maximum atomic E-state index is 6.66. The SMILES string of the molecule is CC(C)(C)c1cc(-c2ccccc2Cl)c2c(C3CCCCC3)cccc2c1. The van der Waals surface area contributed by atoms with Crippen LogP contribution in [-0.2, 0) is 5.41 Å². The lowest BCUT2D eigenvalue weighted by atomic mass is 9.78. The maximum absolute atomic E-state index is 6.66. The van der Waals surface area contributed by atoms with Gasteiger partial charge < -0.3 is 0 Å². The number of hydrogen-bond acceptors (Lipinski definition) is 0. The van der Waals surface area contributed by atoms with E-state index >= 15 is 0 Å². The molecule has 1 saturated carbocycles. The molecule has 0 saturated heterocycles. The summed E-state index contributed by atoms with van der Waals surface area (Å²) in [7, 11) is 0. The molecule has 1 fully saturated rings. The van der Waals surface area contributed by atoms with E-state index in [-0.39, 0.29) is 5.41 Å². The van der Waals surface area contributed by atoms with Gasteiger partial charge in [-0.3, -0.25) is 0 Å². The fourth-order valence-corrected chi connectivity index (χ4v) is 4.77. The van der Waals surface area contributed by atoms with Crippen LogP contribution < -0.4 is 0 Å².